The summed E-state index contributed by atoms with van der Waals surface area (Å²) in [5.74, 6) is -0.803. The molecule has 16 heavy (non-hydrogen) atoms. The number of unbranched alkanes of at least 4 members (excludes halogenated alkanes) is 5. The SMILES string of the molecule is CCCCCCCCN(CC(=O)O)C(C)N. The Morgan fingerprint density at radius 3 is 2.31 bits per heavy atom. The Bertz CT molecular complexity index is 184. The Morgan fingerprint density at radius 1 is 1.25 bits per heavy atom. The molecule has 0 amide bonds. The number of nitrogens with zero attached hydrogens (tertiary/aromatic N) is 1. The lowest BCUT2D eigenvalue weighted by atomic mass is 10.1. The van der Waals surface area contributed by atoms with E-state index in [4.69, 9.17) is 10.8 Å². The van der Waals surface area contributed by atoms with Gasteiger partial charge in [0.25, 0.3) is 0 Å². The molecule has 0 aromatic heterocycles. The molecular weight excluding hydrogens is 204 g/mol. The first kappa shape index (κ1) is 15.4. The predicted octanol–water partition coefficient (Wildman–Crippen LogP) is 2.04. The topological polar surface area (TPSA) is 66.6 Å². The monoisotopic (exact) mass is 230 g/mol. The second kappa shape index (κ2) is 9.60. The highest BCUT2D eigenvalue weighted by atomic mass is 16.4. The Hall–Kier alpha value is -0.610. The van der Waals surface area contributed by atoms with Crippen LogP contribution in [-0.4, -0.2) is 35.2 Å². The van der Waals surface area contributed by atoms with Crippen LogP contribution in [0.15, 0.2) is 0 Å². The maximum absolute atomic E-state index is 10.6. The van der Waals surface area contributed by atoms with Crippen LogP contribution < -0.4 is 5.73 Å². The van der Waals surface area contributed by atoms with Gasteiger partial charge in [0.15, 0.2) is 0 Å². The molecule has 0 saturated carbocycles. The summed E-state index contributed by atoms with van der Waals surface area (Å²) in [7, 11) is 0. The molecule has 0 rings (SSSR count). The van der Waals surface area contributed by atoms with Gasteiger partial charge in [-0.3, -0.25) is 9.69 Å². The zero-order valence-corrected chi connectivity index (χ0v) is 10.6. The zero-order chi connectivity index (χ0) is 12.4. The van der Waals surface area contributed by atoms with Crippen molar-refractivity contribution in [2.45, 2.75) is 58.5 Å². The third kappa shape index (κ3) is 8.68. The predicted molar refractivity (Wildman–Crippen MR) is 66.2 cm³/mol. The van der Waals surface area contributed by atoms with Crippen LogP contribution >= 0.6 is 0 Å². The van der Waals surface area contributed by atoms with Crippen molar-refractivity contribution in [1.29, 1.82) is 0 Å². The third-order valence-electron chi connectivity index (χ3n) is 2.71. The number of carboxylic acid groups (broad SMARTS) is 1. The second-order valence-corrected chi connectivity index (χ2v) is 4.37. The van der Waals surface area contributed by atoms with E-state index in [1.165, 1.54) is 32.1 Å². The lowest BCUT2D eigenvalue weighted by Gasteiger charge is -2.24. The summed E-state index contributed by atoms with van der Waals surface area (Å²) in [6, 6.07) is 0. The number of hydrogen-bond acceptors (Lipinski definition) is 3. The van der Waals surface area contributed by atoms with Gasteiger partial charge in [-0.25, -0.2) is 0 Å². The molecular formula is C12H26N2O2. The highest BCUT2D eigenvalue weighted by molar-refractivity contribution is 5.69. The van der Waals surface area contributed by atoms with E-state index in [0.29, 0.717) is 0 Å². The van der Waals surface area contributed by atoms with Gasteiger partial charge >= 0.3 is 5.97 Å². The van der Waals surface area contributed by atoms with Crippen molar-refractivity contribution in [1.82, 2.24) is 4.90 Å². The number of nitrogens with two attached hydrogens (primary N) is 1. The Balaban J connectivity index is 3.56. The summed E-state index contributed by atoms with van der Waals surface area (Å²) in [5, 5.41) is 8.71. The van der Waals surface area contributed by atoms with Crippen LogP contribution in [0.2, 0.25) is 0 Å². The molecule has 4 heteroatoms. The van der Waals surface area contributed by atoms with E-state index in [2.05, 4.69) is 6.92 Å². The number of carbonyl (C=O) groups is 1. The zero-order valence-electron chi connectivity index (χ0n) is 10.6. The van der Waals surface area contributed by atoms with Gasteiger partial charge in [0, 0.05) is 6.54 Å². The fourth-order valence-electron chi connectivity index (χ4n) is 1.70. The molecule has 0 aliphatic carbocycles. The van der Waals surface area contributed by atoms with Gasteiger partial charge < -0.3 is 10.8 Å². The molecule has 3 N–H and O–H groups in total. The van der Waals surface area contributed by atoms with Crippen LogP contribution in [0.1, 0.15) is 52.4 Å². The first-order chi connectivity index (χ1) is 7.57. The van der Waals surface area contributed by atoms with Gasteiger partial charge in [0.05, 0.1) is 12.7 Å². The average Bonchev–Trinajstić information content (AvgIpc) is 2.20. The normalized spacial score (nSPS) is 13.0. The minimum atomic E-state index is -0.803. The van der Waals surface area contributed by atoms with E-state index < -0.39 is 5.97 Å². The van der Waals surface area contributed by atoms with Gasteiger partial charge in [-0.2, -0.15) is 0 Å². The molecule has 0 spiro atoms. The van der Waals surface area contributed by atoms with Crippen molar-refractivity contribution in [2.75, 3.05) is 13.1 Å². The Labute approximate surface area is 98.8 Å². The van der Waals surface area contributed by atoms with Gasteiger partial charge in [-0.1, -0.05) is 39.0 Å². The molecule has 0 aliphatic rings. The fraction of sp³-hybridized carbons (Fsp3) is 0.917. The molecule has 1 atom stereocenters. The van der Waals surface area contributed by atoms with Crippen LogP contribution in [0.4, 0.5) is 0 Å². The van der Waals surface area contributed by atoms with E-state index in [-0.39, 0.29) is 12.7 Å². The van der Waals surface area contributed by atoms with Crippen LogP contribution in [-0.2, 0) is 4.79 Å². The van der Waals surface area contributed by atoms with Crippen molar-refractivity contribution in [3.8, 4) is 0 Å². The summed E-state index contributed by atoms with van der Waals surface area (Å²) in [6.07, 6.45) is 7.12. The fourth-order valence-corrected chi connectivity index (χ4v) is 1.70. The van der Waals surface area contributed by atoms with Crippen molar-refractivity contribution in [2.24, 2.45) is 5.73 Å². The van der Waals surface area contributed by atoms with Gasteiger partial charge in [0.1, 0.15) is 0 Å². The second-order valence-electron chi connectivity index (χ2n) is 4.37. The molecule has 0 saturated heterocycles. The lowest BCUT2D eigenvalue weighted by molar-refractivity contribution is -0.138. The van der Waals surface area contributed by atoms with E-state index in [1.54, 1.807) is 0 Å². The number of aliphatic carboxylic acids is 1. The molecule has 0 aliphatic heterocycles. The smallest absolute Gasteiger partial charge is 0.317 e. The van der Waals surface area contributed by atoms with Crippen molar-refractivity contribution >= 4 is 5.97 Å². The van der Waals surface area contributed by atoms with E-state index in [0.717, 1.165) is 13.0 Å². The highest BCUT2D eigenvalue weighted by Gasteiger charge is 2.12. The molecule has 0 heterocycles. The average molecular weight is 230 g/mol. The maximum Gasteiger partial charge on any atom is 0.317 e. The summed E-state index contributed by atoms with van der Waals surface area (Å²) >= 11 is 0. The van der Waals surface area contributed by atoms with Crippen LogP contribution in [0.3, 0.4) is 0 Å². The first-order valence-corrected chi connectivity index (χ1v) is 6.29. The minimum absolute atomic E-state index is 0.0482. The lowest BCUT2D eigenvalue weighted by Crippen LogP contribution is -2.43. The molecule has 0 bridgehead atoms. The van der Waals surface area contributed by atoms with Crippen LogP contribution in [0.25, 0.3) is 0 Å². The van der Waals surface area contributed by atoms with Gasteiger partial charge in [0.2, 0.25) is 0 Å². The molecule has 96 valence electrons. The number of carboxylic acids is 1. The molecule has 4 nitrogen and oxygen atoms in total. The largest absolute Gasteiger partial charge is 0.480 e. The number of rotatable bonds is 10. The molecule has 1 unspecified atom stereocenters. The third-order valence-corrected chi connectivity index (χ3v) is 2.71. The molecule has 0 radical (unpaired) electrons. The molecule has 0 fully saturated rings. The van der Waals surface area contributed by atoms with Gasteiger partial charge in [-0.05, 0) is 13.3 Å². The Kier molecular flexibility index (Phi) is 9.24. The quantitative estimate of drug-likeness (QED) is 0.445. The van der Waals surface area contributed by atoms with Crippen molar-refractivity contribution in [3.05, 3.63) is 0 Å². The summed E-state index contributed by atoms with van der Waals surface area (Å²) < 4.78 is 0. The van der Waals surface area contributed by atoms with Crippen molar-refractivity contribution < 1.29 is 9.90 Å². The van der Waals surface area contributed by atoms with Crippen molar-refractivity contribution in [3.63, 3.8) is 0 Å². The van der Waals surface area contributed by atoms with Gasteiger partial charge in [-0.15, -0.1) is 0 Å². The standard InChI is InChI=1S/C12H26N2O2/c1-3-4-5-6-7-8-9-14(11(2)13)10-12(15)16/h11H,3-10,13H2,1-2H3,(H,15,16). The highest BCUT2D eigenvalue weighted by Crippen LogP contribution is 2.06. The Morgan fingerprint density at radius 2 is 1.81 bits per heavy atom. The maximum atomic E-state index is 10.6. The minimum Gasteiger partial charge on any atom is -0.480 e. The summed E-state index contributed by atoms with van der Waals surface area (Å²) in [6.45, 7) is 4.87. The summed E-state index contributed by atoms with van der Waals surface area (Å²) in [4.78, 5) is 12.4. The molecule has 0 aromatic rings. The van der Waals surface area contributed by atoms with Crippen LogP contribution in [0, 0.1) is 0 Å². The van der Waals surface area contributed by atoms with Crippen LogP contribution in [0.5, 0.6) is 0 Å². The number of hydrogen-bond donors (Lipinski definition) is 2. The first-order valence-electron chi connectivity index (χ1n) is 6.29. The van der Waals surface area contributed by atoms with E-state index >= 15 is 0 Å². The summed E-state index contributed by atoms with van der Waals surface area (Å²) in [5.41, 5.74) is 5.71. The van der Waals surface area contributed by atoms with E-state index in [9.17, 15) is 4.79 Å². The molecule has 0 aromatic carbocycles. The van der Waals surface area contributed by atoms with E-state index in [1.807, 2.05) is 11.8 Å².